The summed E-state index contributed by atoms with van der Waals surface area (Å²) in [5.41, 5.74) is 0.659. The fraction of sp³-hybridized carbons (Fsp3) is 0.286. The molecule has 0 bridgehead atoms. The second-order valence-electron chi connectivity index (χ2n) is 4.26. The maximum absolute atomic E-state index is 11.8. The van der Waals surface area contributed by atoms with E-state index in [1.807, 2.05) is 0 Å². The van der Waals surface area contributed by atoms with Gasteiger partial charge in [0.2, 0.25) is 5.91 Å². The Morgan fingerprint density at radius 3 is 2.70 bits per heavy atom. The Labute approximate surface area is 127 Å². The number of carbonyl (C=O) groups is 2. The Morgan fingerprint density at radius 1 is 1.35 bits per heavy atom. The first kappa shape index (κ1) is 16.5. The average molecular weight is 316 g/mol. The van der Waals surface area contributed by atoms with Crippen LogP contribution in [0.5, 0.6) is 0 Å². The zero-order chi connectivity index (χ0) is 15.1. The van der Waals surface area contributed by atoms with Crippen LogP contribution in [0.1, 0.15) is 18.4 Å². The van der Waals surface area contributed by atoms with Crippen LogP contribution in [-0.4, -0.2) is 35.5 Å². The van der Waals surface area contributed by atoms with Crippen LogP contribution < -0.4 is 0 Å². The van der Waals surface area contributed by atoms with E-state index in [0.29, 0.717) is 28.6 Å². The van der Waals surface area contributed by atoms with Crippen LogP contribution in [0, 0.1) is 0 Å². The van der Waals surface area contributed by atoms with Crippen molar-refractivity contribution in [3.05, 3.63) is 39.9 Å². The molecule has 0 unspecified atom stereocenters. The van der Waals surface area contributed by atoms with Crippen LogP contribution in [0.3, 0.4) is 0 Å². The highest BCUT2D eigenvalue weighted by atomic mass is 35.5. The first-order valence-electron chi connectivity index (χ1n) is 6.00. The minimum atomic E-state index is -0.868. The fourth-order valence-corrected chi connectivity index (χ4v) is 1.87. The van der Waals surface area contributed by atoms with E-state index >= 15 is 0 Å². The minimum Gasteiger partial charge on any atom is -0.481 e. The number of carboxylic acid groups (broad SMARTS) is 1. The molecule has 20 heavy (non-hydrogen) atoms. The molecular formula is C14H15Cl2NO3. The number of benzene rings is 1. The molecular weight excluding hydrogens is 301 g/mol. The maximum Gasteiger partial charge on any atom is 0.303 e. The van der Waals surface area contributed by atoms with Gasteiger partial charge in [-0.15, -0.1) is 0 Å². The molecule has 1 rings (SSSR count). The first-order chi connectivity index (χ1) is 9.40. The summed E-state index contributed by atoms with van der Waals surface area (Å²) in [6.07, 6.45) is 3.44. The lowest BCUT2D eigenvalue weighted by atomic mass is 10.2. The molecule has 0 aliphatic carbocycles. The Hall–Kier alpha value is -1.52. The zero-order valence-electron chi connectivity index (χ0n) is 11.0. The molecule has 4 nitrogen and oxygen atoms in total. The van der Waals surface area contributed by atoms with E-state index in [9.17, 15) is 9.59 Å². The Morgan fingerprint density at radius 2 is 2.05 bits per heavy atom. The molecule has 1 N–H and O–H groups in total. The van der Waals surface area contributed by atoms with Gasteiger partial charge in [0, 0.05) is 36.1 Å². The summed E-state index contributed by atoms with van der Waals surface area (Å²) in [4.78, 5) is 23.6. The molecule has 0 spiro atoms. The number of halogens is 2. The first-order valence-corrected chi connectivity index (χ1v) is 6.76. The number of nitrogens with zero attached hydrogens (tertiary/aromatic N) is 1. The lowest BCUT2D eigenvalue weighted by molar-refractivity contribution is -0.137. The van der Waals surface area contributed by atoms with Gasteiger partial charge in [0.05, 0.1) is 0 Å². The molecule has 0 radical (unpaired) electrons. The molecule has 1 amide bonds. The monoisotopic (exact) mass is 315 g/mol. The van der Waals surface area contributed by atoms with Crippen molar-refractivity contribution in [2.45, 2.75) is 12.8 Å². The second-order valence-corrected chi connectivity index (χ2v) is 5.10. The number of rotatable bonds is 6. The lowest BCUT2D eigenvalue weighted by Gasteiger charge is -2.14. The number of hydrogen-bond donors (Lipinski definition) is 1. The third-order valence-corrected chi connectivity index (χ3v) is 3.20. The van der Waals surface area contributed by atoms with E-state index in [4.69, 9.17) is 28.3 Å². The number of carbonyl (C=O) groups excluding carboxylic acids is 1. The van der Waals surface area contributed by atoms with Crippen LogP contribution in [0.4, 0.5) is 0 Å². The van der Waals surface area contributed by atoms with E-state index in [-0.39, 0.29) is 12.3 Å². The summed E-state index contributed by atoms with van der Waals surface area (Å²) < 4.78 is 0. The summed E-state index contributed by atoms with van der Waals surface area (Å²) in [7, 11) is 1.62. The predicted octanol–water partition coefficient (Wildman–Crippen LogP) is 3.33. The standard InChI is InChI=1S/C14H15Cl2NO3/c1-17(8-2-3-14(19)20)13(18)7-4-10-9-11(15)5-6-12(10)16/h4-7,9H,2-3,8H2,1H3,(H,19,20)/b7-4+. The molecule has 1 aromatic carbocycles. The molecule has 0 fully saturated rings. The summed E-state index contributed by atoms with van der Waals surface area (Å²) in [5.74, 6) is -1.08. The summed E-state index contributed by atoms with van der Waals surface area (Å²) in [5, 5.41) is 9.57. The Kier molecular flexibility index (Phi) is 6.55. The quantitative estimate of drug-likeness (QED) is 0.819. The fourth-order valence-electron chi connectivity index (χ4n) is 1.51. The summed E-state index contributed by atoms with van der Waals surface area (Å²) in [6.45, 7) is 0.388. The average Bonchev–Trinajstić information content (AvgIpc) is 2.38. The third kappa shape index (κ3) is 5.63. The van der Waals surface area contributed by atoms with Gasteiger partial charge in [-0.1, -0.05) is 23.2 Å². The van der Waals surface area contributed by atoms with Crippen LogP contribution in [0.15, 0.2) is 24.3 Å². The van der Waals surface area contributed by atoms with Gasteiger partial charge in [-0.05, 0) is 36.3 Å². The number of carboxylic acids is 1. The third-order valence-electron chi connectivity index (χ3n) is 2.62. The van der Waals surface area contributed by atoms with E-state index in [0.717, 1.165) is 0 Å². The summed E-state index contributed by atoms with van der Waals surface area (Å²) >= 11 is 11.8. The second kappa shape index (κ2) is 7.92. The highest BCUT2D eigenvalue weighted by Gasteiger charge is 2.06. The number of hydrogen-bond acceptors (Lipinski definition) is 2. The van der Waals surface area contributed by atoms with Crippen molar-refractivity contribution in [3.63, 3.8) is 0 Å². The van der Waals surface area contributed by atoms with Gasteiger partial charge in [-0.2, -0.15) is 0 Å². The predicted molar refractivity (Wildman–Crippen MR) is 80.0 cm³/mol. The smallest absolute Gasteiger partial charge is 0.303 e. The molecule has 0 atom stereocenters. The molecule has 0 aromatic heterocycles. The van der Waals surface area contributed by atoms with Gasteiger partial charge >= 0.3 is 5.97 Å². The molecule has 0 saturated carbocycles. The van der Waals surface area contributed by atoms with E-state index in [2.05, 4.69) is 0 Å². The number of aliphatic carboxylic acids is 1. The highest BCUT2D eigenvalue weighted by Crippen LogP contribution is 2.21. The van der Waals surface area contributed by atoms with E-state index in [1.54, 1.807) is 31.3 Å². The molecule has 0 saturated heterocycles. The molecule has 0 aliphatic rings. The highest BCUT2D eigenvalue weighted by molar-refractivity contribution is 6.34. The van der Waals surface area contributed by atoms with E-state index < -0.39 is 5.97 Å². The van der Waals surface area contributed by atoms with Crippen molar-refractivity contribution >= 4 is 41.2 Å². The number of amides is 1. The number of likely N-dealkylation sites (N-methyl/N-ethyl adjacent to an activating group) is 1. The van der Waals surface area contributed by atoms with Crippen molar-refractivity contribution in [1.82, 2.24) is 4.90 Å². The largest absolute Gasteiger partial charge is 0.481 e. The maximum atomic E-state index is 11.8. The molecule has 108 valence electrons. The Balaban J connectivity index is 2.58. The topological polar surface area (TPSA) is 57.6 Å². The van der Waals surface area contributed by atoms with Gasteiger partial charge < -0.3 is 10.0 Å². The van der Waals surface area contributed by atoms with Crippen LogP contribution in [-0.2, 0) is 9.59 Å². The van der Waals surface area contributed by atoms with Crippen molar-refractivity contribution in [2.75, 3.05) is 13.6 Å². The Bertz CT molecular complexity index is 529. The van der Waals surface area contributed by atoms with Gasteiger partial charge in [-0.3, -0.25) is 9.59 Å². The molecule has 6 heteroatoms. The molecule has 0 aliphatic heterocycles. The van der Waals surface area contributed by atoms with E-state index in [1.165, 1.54) is 11.0 Å². The van der Waals surface area contributed by atoms with Gasteiger partial charge in [0.1, 0.15) is 0 Å². The molecule has 1 aromatic rings. The van der Waals surface area contributed by atoms with Crippen LogP contribution in [0.2, 0.25) is 10.0 Å². The van der Waals surface area contributed by atoms with Gasteiger partial charge in [0.15, 0.2) is 0 Å². The van der Waals surface area contributed by atoms with Gasteiger partial charge in [0.25, 0.3) is 0 Å². The van der Waals surface area contributed by atoms with Gasteiger partial charge in [-0.25, -0.2) is 0 Å². The molecule has 0 heterocycles. The van der Waals surface area contributed by atoms with Crippen molar-refractivity contribution in [2.24, 2.45) is 0 Å². The van der Waals surface area contributed by atoms with Crippen molar-refractivity contribution in [3.8, 4) is 0 Å². The SMILES string of the molecule is CN(CCCC(=O)O)C(=O)/C=C/c1cc(Cl)ccc1Cl. The van der Waals surface area contributed by atoms with Crippen LogP contribution >= 0.6 is 23.2 Å². The van der Waals surface area contributed by atoms with Crippen LogP contribution in [0.25, 0.3) is 6.08 Å². The minimum absolute atomic E-state index is 0.0431. The normalized spacial score (nSPS) is 10.8. The lowest BCUT2D eigenvalue weighted by Crippen LogP contribution is -2.26. The van der Waals surface area contributed by atoms with Crippen molar-refractivity contribution < 1.29 is 14.7 Å². The summed E-state index contributed by atoms with van der Waals surface area (Å²) in [6, 6.07) is 4.99. The van der Waals surface area contributed by atoms with Crippen molar-refractivity contribution in [1.29, 1.82) is 0 Å². The zero-order valence-corrected chi connectivity index (χ0v) is 12.5.